The first-order valence-corrected chi connectivity index (χ1v) is 21.5. The van der Waals surface area contributed by atoms with E-state index in [9.17, 15) is 23.2 Å². The van der Waals surface area contributed by atoms with Gasteiger partial charge in [-0.3, -0.25) is 0 Å². The number of rotatable bonds is 9. The zero-order valence-electron chi connectivity index (χ0n) is 22.8. The number of aromatic nitrogens is 1. The van der Waals surface area contributed by atoms with Crippen LogP contribution < -0.4 is 16.0 Å². The SMILES string of the molecule is [CH3][Sn]1([C](=O)NCc2cccc(F)c2Cl)[CH](OC(=O)Nc2cc(-c3cccc(F)c3)no2)[C@@H]1CCC(=O)N1CCNCC1. The summed E-state index contributed by atoms with van der Waals surface area (Å²) in [5.41, 5.74) is 1.22. The van der Waals surface area contributed by atoms with Crippen LogP contribution in [-0.4, -0.2) is 74.7 Å². The number of piperazine rings is 1. The molecule has 1 aromatic heterocycles. The summed E-state index contributed by atoms with van der Waals surface area (Å²) in [6.45, 7) is 2.72. The molecule has 5 rings (SSSR count). The molecule has 2 saturated heterocycles. The number of nitrogens with zero attached hydrogens (tertiary/aromatic N) is 2. The van der Waals surface area contributed by atoms with Crippen molar-refractivity contribution in [3.05, 3.63) is 70.8 Å². The Bertz CT molecular complexity index is 1490. The van der Waals surface area contributed by atoms with Gasteiger partial charge in [-0.25, -0.2) is 0 Å². The second-order valence-corrected chi connectivity index (χ2v) is 23.2. The molecule has 3 heterocycles. The normalized spacial score (nSPS) is 21.5. The van der Waals surface area contributed by atoms with Crippen LogP contribution in [0.25, 0.3) is 11.3 Å². The molecule has 2 aliphatic rings. The average molecular weight is 709 g/mol. The van der Waals surface area contributed by atoms with Gasteiger partial charge in [0.25, 0.3) is 0 Å². The first kappa shape index (κ1) is 30.2. The second kappa shape index (κ2) is 13.0. The van der Waals surface area contributed by atoms with E-state index in [2.05, 4.69) is 21.1 Å². The van der Waals surface area contributed by atoms with Crippen LogP contribution in [0.5, 0.6) is 0 Å². The molecule has 2 aromatic carbocycles. The molecule has 3 amide bonds. The van der Waals surface area contributed by atoms with Gasteiger partial charge in [-0.05, 0) is 0 Å². The zero-order valence-corrected chi connectivity index (χ0v) is 26.4. The third-order valence-electron chi connectivity index (χ3n) is 7.81. The van der Waals surface area contributed by atoms with Crippen LogP contribution in [0.4, 0.5) is 24.3 Å². The van der Waals surface area contributed by atoms with Gasteiger partial charge >= 0.3 is 251 Å². The van der Waals surface area contributed by atoms with E-state index in [4.69, 9.17) is 20.9 Å². The maximum absolute atomic E-state index is 13.9. The number of ether oxygens (including phenoxy) is 1. The monoisotopic (exact) mass is 709 g/mol. The van der Waals surface area contributed by atoms with Crippen LogP contribution in [-0.2, 0) is 16.1 Å². The van der Waals surface area contributed by atoms with Gasteiger partial charge in [-0.1, -0.05) is 0 Å². The first-order valence-electron chi connectivity index (χ1n) is 13.6. The molecule has 42 heavy (non-hydrogen) atoms. The average Bonchev–Trinajstić information content (AvgIpc) is 3.28. The van der Waals surface area contributed by atoms with Crippen LogP contribution in [0.2, 0.25) is 13.9 Å². The molecule has 14 heteroatoms. The van der Waals surface area contributed by atoms with Gasteiger partial charge in [-0.2, -0.15) is 0 Å². The standard InChI is InChI=1S/C19H21FN4O4.C8H6ClFNO.CH3.Sn/c20-15-5-3-4-14(12-15)16-13-17(28-23-16)22-19(26)27-11-2-1-6-18(25)24-9-7-21-8-10-24;9-8-6(4-11-5-12)2-1-3-7(8)10;;/h2-5,11-13,21H,1,6-10H2,(H,22,26);1-3H,4H2,(H,11,12);1H3;. The fraction of sp³-hybridized carbons (Fsp3) is 0.357. The fourth-order valence-electron chi connectivity index (χ4n) is 5.28. The van der Waals surface area contributed by atoms with E-state index in [1.54, 1.807) is 17.0 Å². The minimum absolute atomic E-state index is 0.00118. The number of anilines is 1. The van der Waals surface area contributed by atoms with E-state index < -0.39 is 40.2 Å². The maximum atomic E-state index is 13.9. The molecule has 0 radical (unpaired) electrons. The summed E-state index contributed by atoms with van der Waals surface area (Å²) in [5, 5.41) is 12.3. The van der Waals surface area contributed by atoms with Crippen LogP contribution in [0.3, 0.4) is 0 Å². The molecule has 222 valence electrons. The fourth-order valence-corrected chi connectivity index (χ4v) is 20.3. The molecule has 2 fully saturated rings. The Morgan fingerprint density at radius 1 is 1.17 bits per heavy atom. The number of carbonyl (C=O) groups is 3. The van der Waals surface area contributed by atoms with Crippen molar-refractivity contribution in [3.63, 3.8) is 0 Å². The van der Waals surface area contributed by atoms with Crippen molar-refractivity contribution in [1.29, 1.82) is 0 Å². The Morgan fingerprint density at radius 3 is 2.69 bits per heavy atom. The molecule has 3 N–H and O–H groups in total. The first-order chi connectivity index (χ1) is 20.2. The van der Waals surface area contributed by atoms with E-state index in [-0.39, 0.29) is 37.6 Å². The molecule has 0 spiro atoms. The van der Waals surface area contributed by atoms with Crippen LogP contribution in [0.15, 0.2) is 53.1 Å². The van der Waals surface area contributed by atoms with Crippen molar-refractivity contribution in [2.75, 3.05) is 31.5 Å². The third kappa shape index (κ3) is 6.70. The zero-order chi connectivity index (χ0) is 29.9. The van der Waals surface area contributed by atoms with Crippen molar-refractivity contribution in [2.24, 2.45) is 0 Å². The predicted molar refractivity (Wildman–Crippen MR) is 153 cm³/mol. The second-order valence-electron chi connectivity index (χ2n) is 10.5. The number of nitrogens with one attached hydrogen (secondary N) is 3. The number of hydrogen-bond acceptors (Lipinski definition) is 7. The van der Waals surface area contributed by atoms with Crippen molar-refractivity contribution in [2.45, 2.75) is 32.4 Å². The molecule has 3 atom stereocenters. The number of carbonyl (C=O) groups excluding carboxylic acids is 3. The van der Waals surface area contributed by atoms with Crippen molar-refractivity contribution in [3.8, 4) is 11.3 Å². The number of halogens is 3. The van der Waals surface area contributed by atoms with Crippen LogP contribution >= 0.6 is 11.6 Å². The summed E-state index contributed by atoms with van der Waals surface area (Å²) in [6, 6.07) is 11.6. The van der Waals surface area contributed by atoms with Gasteiger partial charge in [0.15, 0.2) is 0 Å². The molecule has 2 aliphatic heterocycles. The summed E-state index contributed by atoms with van der Waals surface area (Å²) in [5.74, 6) is -1.03. The molecule has 10 nitrogen and oxygen atoms in total. The molecule has 0 aliphatic carbocycles. The van der Waals surface area contributed by atoms with Crippen molar-refractivity contribution >= 4 is 51.8 Å². The summed E-state index contributed by atoms with van der Waals surface area (Å²) < 4.78 is 37.3. The van der Waals surface area contributed by atoms with Gasteiger partial charge in [-0.15, -0.1) is 0 Å². The minimum atomic E-state index is -3.87. The summed E-state index contributed by atoms with van der Waals surface area (Å²) in [6.07, 6.45) is -0.185. The van der Waals surface area contributed by atoms with Gasteiger partial charge in [0, 0.05) is 0 Å². The molecule has 3 aromatic rings. The predicted octanol–water partition coefficient (Wildman–Crippen LogP) is 4.90. The van der Waals surface area contributed by atoms with E-state index in [0.29, 0.717) is 36.3 Å². The van der Waals surface area contributed by atoms with Crippen molar-refractivity contribution in [1.82, 2.24) is 20.7 Å². The molecule has 0 saturated carbocycles. The van der Waals surface area contributed by atoms with Gasteiger partial charge in [0.2, 0.25) is 0 Å². The summed E-state index contributed by atoms with van der Waals surface area (Å²) in [7, 11) is 0. The van der Waals surface area contributed by atoms with Gasteiger partial charge < -0.3 is 0 Å². The quantitative estimate of drug-likeness (QED) is 0.270. The van der Waals surface area contributed by atoms with E-state index >= 15 is 0 Å². The summed E-state index contributed by atoms with van der Waals surface area (Å²) in [4.78, 5) is 42.8. The third-order valence-corrected chi connectivity index (χ3v) is 21.4. The van der Waals surface area contributed by atoms with E-state index in [1.807, 2.05) is 4.94 Å². The Kier molecular flexibility index (Phi) is 9.33. The summed E-state index contributed by atoms with van der Waals surface area (Å²) >= 11 is 2.18. The Hall–Kier alpha value is -3.23. The number of amides is 3. The van der Waals surface area contributed by atoms with E-state index in [0.717, 1.165) is 13.1 Å². The van der Waals surface area contributed by atoms with Gasteiger partial charge in [0.1, 0.15) is 0 Å². The number of hydrogen-bond donors (Lipinski definition) is 3. The Balaban J connectivity index is 1.24. The van der Waals surface area contributed by atoms with Crippen LogP contribution in [0, 0.1) is 11.6 Å². The van der Waals surface area contributed by atoms with E-state index in [1.165, 1.54) is 36.4 Å². The van der Waals surface area contributed by atoms with Gasteiger partial charge in [0.05, 0.1) is 0 Å². The topological polar surface area (TPSA) is 126 Å². The Morgan fingerprint density at radius 2 is 1.93 bits per heavy atom. The Labute approximate surface area is 250 Å². The molecule has 0 bridgehead atoms. The molecular formula is C28H30ClF2N5O5Sn. The van der Waals surface area contributed by atoms with Crippen LogP contribution in [0.1, 0.15) is 18.4 Å². The molecule has 2 unspecified atom stereocenters. The van der Waals surface area contributed by atoms with Crippen molar-refractivity contribution < 1.29 is 32.4 Å². The number of benzene rings is 2. The molecular weight excluding hydrogens is 678 g/mol.